The molecule has 304 valence electrons. The number of carbonyl (C=O) groups is 5. The lowest BCUT2D eigenvalue weighted by Gasteiger charge is -2.35. The molecule has 5 amide bonds. The summed E-state index contributed by atoms with van der Waals surface area (Å²) in [6.07, 6.45) is 1.85. The van der Waals surface area contributed by atoms with Gasteiger partial charge >= 0.3 is 12.2 Å². The molecule has 6 atom stereocenters. The van der Waals surface area contributed by atoms with Gasteiger partial charge in [-0.25, -0.2) is 14.0 Å². The molecule has 3 fully saturated rings. The number of hydrogen-bond donors (Lipinski definition) is 3. The van der Waals surface area contributed by atoms with Crippen molar-refractivity contribution in [3.05, 3.63) is 47.8 Å². The van der Waals surface area contributed by atoms with Gasteiger partial charge in [-0.2, -0.15) is 0 Å². The van der Waals surface area contributed by atoms with Crippen LogP contribution in [-0.2, 0) is 46.0 Å². The second-order valence-corrected chi connectivity index (χ2v) is 19.2. The number of nitrogens with zero attached hydrogens (tertiary/aromatic N) is 2. The maximum Gasteiger partial charge on any atom is 0.410 e. The molecular weight excluding hydrogens is 732 g/mol. The Morgan fingerprint density at radius 1 is 1.05 bits per heavy atom. The quantitative estimate of drug-likeness (QED) is 0.165. The van der Waals surface area contributed by atoms with E-state index in [0.29, 0.717) is 11.1 Å². The molecular formula is C39H57FN5O9P. The van der Waals surface area contributed by atoms with E-state index in [2.05, 4.69) is 22.3 Å². The van der Waals surface area contributed by atoms with Gasteiger partial charge in [0.25, 0.3) is 13.4 Å². The topological polar surface area (TPSA) is 173 Å². The number of rotatable bonds is 13. The first-order chi connectivity index (χ1) is 25.7. The minimum absolute atomic E-state index is 0.000998. The fourth-order valence-corrected chi connectivity index (χ4v) is 10.1. The molecule has 1 saturated heterocycles. The molecule has 2 aliphatic carbocycles. The third-order valence-corrected chi connectivity index (χ3v) is 13.1. The largest absolute Gasteiger partial charge is 0.446 e. The summed E-state index contributed by atoms with van der Waals surface area (Å²) in [4.78, 5) is 72.0. The van der Waals surface area contributed by atoms with E-state index in [1.165, 1.54) is 21.9 Å². The average molecular weight is 790 g/mol. The molecule has 2 saturated carbocycles. The van der Waals surface area contributed by atoms with Gasteiger partial charge in [0.2, 0.25) is 11.8 Å². The molecule has 3 N–H and O–H groups in total. The van der Waals surface area contributed by atoms with Crippen LogP contribution in [0.3, 0.4) is 0 Å². The molecule has 1 aromatic rings. The number of nitrogens with one attached hydrogen (secondary N) is 3. The second kappa shape index (κ2) is 16.6. The fraction of sp³-hybridized carbons (Fsp3) is 0.667. The van der Waals surface area contributed by atoms with E-state index in [1.807, 2.05) is 13.8 Å². The Hall–Kier alpha value is -3.97. The average Bonchev–Trinajstić information content (AvgIpc) is 3.48. The maximum absolute atomic E-state index is 14.5. The normalized spacial score (nSPS) is 25.2. The predicted octanol–water partition coefficient (Wildman–Crippen LogP) is 5.78. The van der Waals surface area contributed by atoms with Crippen LogP contribution in [0.1, 0.15) is 98.1 Å². The highest BCUT2D eigenvalue weighted by Crippen LogP contribution is 2.51. The zero-order valence-corrected chi connectivity index (χ0v) is 33.9. The van der Waals surface area contributed by atoms with E-state index in [-0.39, 0.29) is 50.7 Å². The summed E-state index contributed by atoms with van der Waals surface area (Å²) in [5.74, 6) is -3.01. The zero-order valence-electron chi connectivity index (χ0n) is 33.0. The van der Waals surface area contributed by atoms with E-state index in [9.17, 15) is 32.9 Å². The van der Waals surface area contributed by atoms with Gasteiger partial charge in [-0.15, -0.1) is 6.58 Å². The highest BCUT2D eigenvalue weighted by Gasteiger charge is 2.62. The van der Waals surface area contributed by atoms with Gasteiger partial charge < -0.3 is 29.5 Å². The van der Waals surface area contributed by atoms with E-state index in [0.717, 1.165) is 25.7 Å². The number of carbonyl (C=O) groups excluding carboxylic acids is 5. The standard InChI is InChI=1S/C39H57FN5O9P/c1-9-26-18-39(26,35(48)43-55(51,22-23(2)3)54-24(4)5)42-33(46)31-17-28(53-37(50)44-19-25-13-12-16-30(40)29(25)21-44)20-45(31)34(47)32(38(6,7)8)41-36(49)52-27-14-10-11-15-27/h9,12-13,16,23-24,26-28,31-32H,1,10-11,14-15,17-22H2,2-8H3,(H,41,49)(H,42,46)(H,43,48,51)/t26?,28-,31+,32-,39-,55?/m1/s1. The van der Waals surface area contributed by atoms with Crippen molar-refractivity contribution < 1.29 is 46.9 Å². The van der Waals surface area contributed by atoms with E-state index >= 15 is 0 Å². The van der Waals surface area contributed by atoms with Crippen molar-refractivity contribution in [2.45, 2.75) is 136 Å². The number of likely N-dealkylation sites (tertiary alicyclic amines) is 1. The van der Waals surface area contributed by atoms with Crippen LogP contribution in [0.4, 0.5) is 14.0 Å². The Bertz CT molecular complexity index is 1700. The lowest BCUT2D eigenvalue weighted by molar-refractivity contribution is -0.143. The number of halogens is 1. The summed E-state index contributed by atoms with van der Waals surface area (Å²) in [7, 11) is -3.68. The van der Waals surface area contributed by atoms with Crippen molar-refractivity contribution in [1.82, 2.24) is 25.5 Å². The number of benzene rings is 1. The molecule has 1 aromatic carbocycles. The number of alkyl carbamates (subject to hydrolysis) is 1. The fourth-order valence-electron chi connectivity index (χ4n) is 7.75. The Balaban J connectivity index is 1.38. The van der Waals surface area contributed by atoms with Crippen molar-refractivity contribution in [3.63, 3.8) is 0 Å². The monoisotopic (exact) mass is 789 g/mol. The van der Waals surface area contributed by atoms with Crippen LogP contribution in [0.15, 0.2) is 30.9 Å². The molecule has 14 nitrogen and oxygen atoms in total. The third-order valence-electron chi connectivity index (χ3n) is 10.6. The van der Waals surface area contributed by atoms with Crippen LogP contribution in [0.2, 0.25) is 0 Å². The Morgan fingerprint density at radius 2 is 1.75 bits per heavy atom. The predicted molar refractivity (Wildman–Crippen MR) is 202 cm³/mol. The van der Waals surface area contributed by atoms with Gasteiger partial charge in [-0.1, -0.05) is 52.8 Å². The number of ether oxygens (including phenoxy) is 2. The lowest BCUT2D eigenvalue weighted by Crippen LogP contribution is -2.60. The molecule has 0 spiro atoms. The molecule has 5 rings (SSSR count). The summed E-state index contributed by atoms with van der Waals surface area (Å²) in [6, 6.07) is 2.25. The maximum atomic E-state index is 14.5. The van der Waals surface area contributed by atoms with Crippen LogP contribution in [0, 0.1) is 23.1 Å². The third kappa shape index (κ3) is 9.89. The molecule has 0 bridgehead atoms. The first kappa shape index (κ1) is 42.2. The summed E-state index contributed by atoms with van der Waals surface area (Å²) in [6.45, 7) is 16.2. The Morgan fingerprint density at radius 3 is 2.33 bits per heavy atom. The van der Waals surface area contributed by atoms with Crippen molar-refractivity contribution in [2.75, 3.05) is 12.7 Å². The highest BCUT2D eigenvalue weighted by atomic mass is 31.2. The van der Waals surface area contributed by atoms with Gasteiger partial charge in [0, 0.05) is 30.6 Å². The molecule has 2 heterocycles. The van der Waals surface area contributed by atoms with Crippen molar-refractivity contribution >= 4 is 37.4 Å². The minimum atomic E-state index is -3.68. The summed E-state index contributed by atoms with van der Waals surface area (Å²) < 4.78 is 45.5. The molecule has 0 aromatic heterocycles. The van der Waals surface area contributed by atoms with Gasteiger partial charge in [-0.3, -0.25) is 28.9 Å². The van der Waals surface area contributed by atoms with Crippen LogP contribution in [-0.4, -0.2) is 88.3 Å². The van der Waals surface area contributed by atoms with E-state index < -0.39 is 84.4 Å². The van der Waals surface area contributed by atoms with Crippen LogP contribution in [0.25, 0.3) is 0 Å². The molecule has 0 radical (unpaired) electrons. The molecule has 16 heteroatoms. The molecule has 2 aliphatic heterocycles. The molecule has 55 heavy (non-hydrogen) atoms. The summed E-state index contributed by atoms with van der Waals surface area (Å²) in [5, 5.41) is 8.18. The van der Waals surface area contributed by atoms with Crippen LogP contribution < -0.4 is 15.7 Å². The summed E-state index contributed by atoms with van der Waals surface area (Å²) in [5.41, 5.74) is -1.31. The van der Waals surface area contributed by atoms with Crippen molar-refractivity contribution in [1.29, 1.82) is 0 Å². The van der Waals surface area contributed by atoms with Crippen molar-refractivity contribution in [3.8, 4) is 0 Å². The Kier molecular flexibility index (Phi) is 12.8. The van der Waals surface area contributed by atoms with Gasteiger partial charge in [0.1, 0.15) is 35.6 Å². The van der Waals surface area contributed by atoms with E-state index in [1.54, 1.807) is 46.8 Å². The Labute approximate surface area is 323 Å². The molecule has 4 aliphatic rings. The minimum Gasteiger partial charge on any atom is -0.446 e. The van der Waals surface area contributed by atoms with Gasteiger partial charge in [-0.05, 0) is 68.9 Å². The second-order valence-electron chi connectivity index (χ2n) is 17.1. The number of hydrogen-bond acceptors (Lipinski definition) is 9. The summed E-state index contributed by atoms with van der Waals surface area (Å²) >= 11 is 0. The smallest absolute Gasteiger partial charge is 0.410 e. The van der Waals surface area contributed by atoms with Crippen molar-refractivity contribution in [2.24, 2.45) is 17.3 Å². The van der Waals surface area contributed by atoms with Crippen LogP contribution >= 0.6 is 7.52 Å². The first-order valence-electron chi connectivity index (χ1n) is 19.3. The molecule has 2 unspecified atom stereocenters. The van der Waals surface area contributed by atoms with E-state index in [4.69, 9.17) is 14.0 Å². The highest BCUT2D eigenvalue weighted by molar-refractivity contribution is 7.57. The SMILES string of the molecule is C=CC1C[C@]1(NC(=O)[C@@H]1C[C@@H](OC(=O)N2Cc3cccc(F)c3C2)CN1C(=O)[C@@H](NC(=O)OC1CCCC1)C(C)(C)C)C(=O)NP(=O)(CC(C)C)OC(C)C. The van der Waals surface area contributed by atoms with Gasteiger partial charge in [0.15, 0.2) is 0 Å². The lowest BCUT2D eigenvalue weighted by atomic mass is 9.85. The first-order valence-corrected chi connectivity index (χ1v) is 21.1. The van der Waals surface area contributed by atoms with Crippen LogP contribution in [0.5, 0.6) is 0 Å². The number of fused-ring (bicyclic) bond motifs is 1. The zero-order chi connectivity index (χ0) is 40.5. The van der Waals surface area contributed by atoms with Gasteiger partial charge in [0.05, 0.1) is 19.2 Å². The number of amides is 5.